The number of hydrogen-bond acceptors (Lipinski definition) is 7. The predicted molar refractivity (Wildman–Crippen MR) is 75.9 cm³/mol. The molecule has 5 atom stereocenters. The number of aromatic amines is 1. The fourth-order valence-electron chi connectivity index (χ4n) is 2.14. The average molecular weight is 313 g/mol. The van der Waals surface area contributed by atoms with Crippen LogP contribution in [0.15, 0.2) is 30.5 Å². The molecule has 0 bridgehead atoms. The van der Waals surface area contributed by atoms with E-state index in [1.165, 1.54) is 0 Å². The van der Waals surface area contributed by atoms with Gasteiger partial charge in [-0.1, -0.05) is 12.1 Å². The number of ether oxygens (including phenoxy) is 1. The molecule has 1 aromatic heterocycles. The number of aromatic nitrogens is 1. The van der Waals surface area contributed by atoms with Gasteiger partial charge in [0.2, 0.25) is 0 Å². The van der Waals surface area contributed by atoms with Crippen LogP contribution >= 0.6 is 0 Å². The molecular weight excluding hydrogens is 294 g/mol. The third-order valence-electron chi connectivity index (χ3n) is 3.43. The van der Waals surface area contributed by atoms with Crippen LogP contribution in [0.5, 0.6) is 5.75 Å². The molecule has 2 aromatic rings. The average Bonchev–Trinajstić information content (AvgIpc) is 2.91. The maximum Gasteiger partial charge on any atom is 0.184 e. The minimum absolute atomic E-state index is 0.315. The summed E-state index contributed by atoms with van der Waals surface area (Å²) in [5, 5.41) is 54.7. The van der Waals surface area contributed by atoms with E-state index in [-0.39, 0.29) is 0 Å². The standard InChI is InChI=1S/C8H7NO.C6H12O6/c10-8-5-9-7-4-2-1-3-6(7)8;7-1-2-3(8)4(9)5(10)6(11)12-2/h1-5,9-10H;2-11H,1H2/t;2-,3-,4+,5+,6?/m.1/s1. The zero-order chi connectivity index (χ0) is 16.3. The second-order valence-corrected chi connectivity index (χ2v) is 4.94. The van der Waals surface area contributed by atoms with Crippen molar-refractivity contribution in [2.45, 2.75) is 30.7 Å². The van der Waals surface area contributed by atoms with Crippen molar-refractivity contribution < 1.29 is 35.4 Å². The first-order valence-electron chi connectivity index (χ1n) is 6.69. The zero-order valence-electron chi connectivity index (χ0n) is 11.6. The summed E-state index contributed by atoms with van der Waals surface area (Å²) in [6.07, 6.45) is -5.45. The number of aliphatic hydroxyl groups is 5. The Labute approximate surface area is 125 Å². The minimum atomic E-state index is -1.57. The molecule has 3 rings (SSSR count). The molecule has 122 valence electrons. The number of hydrogen-bond donors (Lipinski definition) is 7. The molecule has 22 heavy (non-hydrogen) atoms. The molecule has 1 aromatic carbocycles. The molecule has 1 aliphatic heterocycles. The van der Waals surface area contributed by atoms with Crippen molar-refractivity contribution in [2.75, 3.05) is 6.61 Å². The van der Waals surface area contributed by atoms with Crippen LogP contribution in [0.4, 0.5) is 0 Å². The number of aliphatic hydroxyl groups excluding tert-OH is 5. The van der Waals surface area contributed by atoms with Gasteiger partial charge in [-0.25, -0.2) is 0 Å². The monoisotopic (exact) mass is 313 g/mol. The third kappa shape index (κ3) is 3.38. The van der Waals surface area contributed by atoms with Gasteiger partial charge in [-0.2, -0.15) is 0 Å². The highest BCUT2D eigenvalue weighted by Crippen LogP contribution is 2.22. The first-order chi connectivity index (χ1) is 10.5. The fourth-order valence-corrected chi connectivity index (χ4v) is 2.14. The van der Waals surface area contributed by atoms with Crippen molar-refractivity contribution in [2.24, 2.45) is 0 Å². The summed E-state index contributed by atoms with van der Waals surface area (Å²) >= 11 is 0. The van der Waals surface area contributed by atoms with Gasteiger partial charge in [-0.3, -0.25) is 0 Å². The number of H-pyrrole nitrogens is 1. The molecule has 0 aliphatic carbocycles. The molecule has 7 N–H and O–H groups in total. The Balaban J connectivity index is 0.000000162. The van der Waals surface area contributed by atoms with Crippen LogP contribution in [0.1, 0.15) is 0 Å². The molecule has 1 saturated heterocycles. The SMILES string of the molecule is OC[C@H]1OC(O)[C@@H](O)[C@@H](O)[C@@H]1O.Oc1c[nH]c2ccccc12. The normalized spacial score (nSPS) is 31.6. The smallest absolute Gasteiger partial charge is 0.184 e. The van der Waals surface area contributed by atoms with Crippen molar-refractivity contribution in [3.63, 3.8) is 0 Å². The van der Waals surface area contributed by atoms with E-state index in [1.54, 1.807) is 6.20 Å². The molecular formula is C14H19NO7. The summed E-state index contributed by atoms with van der Waals surface area (Å²) < 4.78 is 4.58. The summed E-state index contributed by atoms with van der Waals surface area (Å²) in [6, 6.07) is 7.63. The first kappa shape index (κ1) is 16.7. The summed E-state index contributed by atoms with van der Waals surface area (Å²) in [5.41, 5.74) is 0.972. The van der Waals surface area contributed by atoms with E-state index in [1.807, 2.05) is 24.3 Å². The highest BCUT2D eigenvalue weighted by molar-refractivity contribution is 5.85. The van der Waals surface area contributed by atoms with Crippen molar-refractivity contribution in [3.8, 4) is 5.75 Å². The molecule has 1 fully saturated rings. The molecule has 1 aliphatic rings. The zero-order valence-corrected chi connectivity index (χ0v) is 11.6. The van der Waals surface area contributed by atoms with Crippen LogP contribution in [0.3, 0.4) is 0 Å². The second kappa shape index (κ2) is 7.05. The lowest BCUT2D eigenvalue weighted by Crippen LogP contribution is -2.58. The minimum Gasteiger partial charge on any atom is -0.506 e. The van der Waals surface area contributed by atoms with Gasteiger partial charge in [0.15, 0.2) is 6.29 Å². The molecule has 0 saturated carbocycles. The van der Waals surface area contributed by atoms with E-state index in [0.717, 1.165) is 10.9 Å². The van der Waals surface area contributed by atoms with Crippen LogP contribution in [0.25, 0.3) is 10.9 Å². The van der Waals surface area contributed by atoms with Gasteiger partial charge in [0.05, 0.1) is 6.61 Å². The number of rotatable bonds is 1. The van der Waals surface area contributed by atoms with Gasteiger partial charge >= 0.3 is 0 Å². The third-order valence-corrected chi connectivity index (χ3v) is 3.43. The Morgan fingerprint density at radius 2 is 1.68 bits per heavy atom. The summed E-state index contributed by atoms with van der Waals surface area (Å²) in [7, 11) is 0. The van der Waals surface area contributed by atoms with Gasteiger partial charge in [0.25, 0.3) is 0 Å². The second-order valence-electron chi connectivity index (χ2n) is 4.94. The van der Waals surface area contributed by atoms with Crippen LogP contribution in [0, 0.1) is 0 Å². The van der Waals surface area contributed by atoms with Gasteiger partial charge in [0.1, 0.15) is 30.2 Å². The van der Waals surface area contributed by atoms with E-state index in [9.17, 15) is 5.11 Å². The highest BCUT2D eigenvalue weighted by Gasteiger charge is 2.42. The summed E-state index contributed by atoms with van der Waals surface area (Å²) in [4.78, 5) is 2.94. The number of fused-ring (bicyclic) bond motifs is 1. The lowest BCUT2D eigenvalue weighted by Gasteiger charge is -2.37. The Hall–Kier alpha value is -1.68. The molecule has 0 radical (unpaired) electrons. The molecule has 0 spiro atoms. The highest BCUT2D eigenvalue weighted by atomic mass is 16.6. The summed E-state index contributed by atoms with van der Waals surface area (Å²) in [5.74, 6) is 0.315. The van der Waals surface area contributed by atoms with Gasteiger partial charge in [-0.05, 0) is 12.1 Å². The Morgan fingerprint density at radius 1 is 1.00 bits per heavy atom. The lowest BCUT2D eigenvalue weighted by molar-refractivity contribution is -0.286. The fraction of sp³-hybridized carbons (Fsp3) is 0.429. The van der Waals surface area contributed by atoms with E-state index < -0.39 is 37.3 Å². The van der Waals surface area contributed by atoms with Crippen LogP contribution < -0.4 is 0 Å². The predicted octanol–water partition coefficient (Wildman–Crippen LogP) is -1.35. The maximum atomic E-state index is 9.18. The molecule has 0 amide bonds. The quantitative estimate of drug-likeness (QED) is 0.344. The van der Waals surface area contributed by atoms with E-state index in [4.69, 9.17) is 25.5 Å². The number of nitrogens with one attached hydrogen (secondary N) is 1. The summed E-state index contributed by atoms with van der Waals surface area (Å²) in [6.45, 7) is -0.526. The van der Waals surface area contributed by atoms with E-state index >= 15 is 0 Å². The van der Waals surface area contributed by atoms with Crippen LogP contribution in [-0.4, -0.2) is 72.9 Å². The Kier molecular flexibility index (Phi) is 5.35. The molecule has 8 heteroatoms. The molecule has 1 unspecified atom stereocenters. The first-order valence-corrected chi connectivity index (χ1v) is 6.69. The van der Waals surface area contributed by atoms with Crippen molar-refractivity contribution >= 4 is 10.9 Å². The van der Waals surface area contributed by atoms with Crippen LogP contribution in [0.2, 0.25) is 0 Å². The number of aromatic hydroxyl groups is 1. The van der Waals surface area contributed by atoms with Crippen LogP contribution in [-0.2, 0) is 4.74 Å². The number of para-hydroxylation sites is 1. The van der Waals surface area contributed by atoms with Gasteiger partial charge < -0.3 is 40.4 Å². The van der Waals surface area contributed by atoms with Crippen molar-refractivity contribution in [1.82, 2.24) is 4.98 Å². The van der Waals surface area contributed by atoms with Gasteiger partial charge in [-0.15, -0.1) is 0 Å². The molecule has 8 nitrogen and oxygen atoms in total. The van der Waals surface area contributed by atoms with Crippen molar-refractivity contribution in [1.29, 1.82) is 0 Å². The largest absolute Gasteiger partial charge is 0.506 e. The maximum absolute atomic E-state index is 9.18. The Bertz CT molecular complexity index is 597. The Morgan fingerprint density at radius 3 is 2.32 bits per heavy atom. The van der Waals surface area contributed by atoms with E-state index in [2.05, 4.69) is 9.72 Å². The van der Waals surface area contributed by atoms with Gasteiger partial charge in [0, 0.05) is 17.1 Å². The topological polar surface area (TPSA) is 146 Å². The lowest BCUT2D eigenvalue weighted by atomic mass is 10.00. The molecule has 2 heterocycles. The van der Waals surface area contributed by atoms with E-state index in [0.29, 0.717) is 5.75 Å². The van der Waals surface area contributed by atoms with Crippen molar-refractivity contribution in [3.05, 3.63) is 30.5 Å². The number of benzene rings is 1.